The molecule has 1 aliphatic carbocycles. The van der Waals surface area contributed by atoms with Gasteiger partial charge in [0, 0.05) is 43.3 Å². The summed E-state index contributed by atoms with van der Waals surface area (Å²) in [6, 6.07) is 10.4. The average Bonchev–Trinajstić information content (AvgIpc) is 2.82. The van der Waals surface area contributed by atoms with Gasteiger partial charge in [0.25, 0.3) is 5.91 Å². The highest BCUT2D eigenvalue weighted by Gasteiger charge is 2.43. The second-order valence-electron chi connectivity index (χ2n) is 8.54. The zero-order valence-corrected chi connectivity index (χ0v) is 20.9. The van der Waals surface area contributed by atoms with E-state index in [1.54, 1.807) is 30.3 Å². The van der Waals surface area contributed by atoms with Crippen molar-refractivity contribution in [3.8, 4) is 0 Å². The third-order valence-corrected chi connectivity index (χ3v) is 6.66. The van der Waals surface area contributed by atoms with E-state index in [2.05, 4.69) is 15.6 Å². The molecule has 3 amide bonds. The molecule has 1 fully saturated rings. The molecule has 184 valence electrons. The number of aromatic nitrogens is 1. The fourth-order valence-electron chi connectivity index (χ4n) is 4.60. The third kappa shape index (κ3) is 6.46. The number of hydrogen-bond acceptors (Lipinski definition) is 5. The van der Waals surface area contributed by atoms with Crippen LogP contribution >= 0.6 is 24.0 Å². The number of benzene rings is 1. The minimum absolute atomic E-state index is 0. The van der Waals surface area contributed by atoms with Gasteiger partial charge in [-0.05, 0) is 49.1 Å². The van der Waals surface area contributed by atoms with E-state index in [0.29, 0.717) is 30.0 Å². The largest absolute Gasteiger partial charge is 0.352 e. The molecule has 1 aromatic heterocycles. The lowest BCUT2D eigenvalue weighted by Crippen LogP contribution is -2.59. The van der Waals surface area contributed by atoms with Gasteiger partial charge >= 0.3 is 0 Å². The Balaban J connectivity index is 0.00000408. The van der Waals surface area contributed by atoms with E-state index in [1.807, 2.05) is 24.3 Å². The maximum absolute atomic E-state index is 12.9. The van der Waals surface area contributed by atoms with Crippen LogP contribution in [0.15, 0.2) is 48.8 Å². The van der Waals surface area contributed by atoms with Gasteiger partial charge in [0.15, 0.2) is 0 Å². The molecule has 3 atom stereocenters. The van der Waals surface area contributed by atoms with E-state index in [-0.39, 0.29) is 54.2 Å². The minimum Gasteiger partial charge on any atom is -0.352 e. The number of hydrogen-bond donors (Lipinski definition) is 3. The first-order valence-electron chi connectivity index (χ1n) is 10.9. The summed E-state index contributed by atoms with van der Waals surface area (Å²) in [5.74, 6) is -0.778. The first-order chi connectivity index (χ1) is 15.8. The number of amides is 3. The molecule has 0 saturated heterocycles. The number of carbonyl (C=O) groups excluding carboxylic acids is 3. The van der Waals surface area contributed by atoms with Gasteiger partial charge in [-0.15, -0.1) is 12.4 Å². The van der Waals surface area contributed by atoms with Crippen molar-refractivity contribution in [2.75, 3.05) is 20.1 Å². The van der Waals surface area contributed by atoms with Crippen LogP contribution in [0.4, 0.5) is 0 Å². The van der Waals surface area contributed by atoms with Crippen molar-refractivity contribution < 1.29 is 14.4 Å². The number of nitrogens with zero attached hydrogens (tertiary/aromatic N) is 2. The molecule has 0 spiro atoms. The Kier molecular flexibility index (Phi) is 9.85. The molecule has 10 heteroatoms. The molecule has 0 radical (unpaired) electrons. The number of carbonyl (C=O) groups is 3. The van der Waals surface area contributed by atoms with Crippen LogP contribution in [0.1, 0.15) is 42.1 Å². The van der Waals surface area contributed by atoms with Crippen LogP contribution in [-0.4, -0.2) is 59.8 Å². The first kappa shape index (κ1) is 27.6. The molecule has 2 aromatic rings. The molecule has 0 aliphatic heterocycles. The Hall–Kier alpha value is -2.68. The van der Waals surface area contributed by atoms with E-state index in [9.17, 15) is 14.4 Å². The number of rotatable bonds is 7. The fourth-order valence-corrected chi connectivity index (χ4v) is 4.80. The highest BCUT2D eigenvalue weighted by Crippen LogP contribution is 2.41. The van der Waals surface area contributed by atoms with Gasteiger partial charge in [-0.2, -0.15) is 0 Å². The van der Waals surface area contributed by atoms with Crippen molar-refractivity contribution in [3.63, 3.8) is 0 Å². The van der Waals surface area contributed by atoms with Gasteiger partial charge in [0.2, 0.25) is 11.8 Å². The smallest absolute Gasteiger partial charge is 0.253 e. The first-order valence-corrected chi connectivity index (χ1v) is 11.3. The Morgan fingerprint density at radius 1 is 1.26 bits per heavy atom. The van der Waals surface area contributed by atoms with Crippen LogP contribution in [0.5, 0.6) is 0 Å². The van der Waals surface area contributed by atoms with Gasteiger partial charge in [-0.3, -0.25) is 19.4 Å². The second-order valence-corrected chi connectivity index (χ2v) is 8.98. The summed E-state index contributed by atoms with van der Waals surface area (Å²) in [5, 5.41) is 6.29. The Morgan fingerprint density at radius 2 is 2.03 bits per heavy atom. The highest BCUT2D eigenvalue weighted by molar-refractivity contribution is 6.30. The number of halogens is 2. The molecule has 3 rings (SSSR count). The Labute approximate surface area is 211 Å². The monoisotopic (exact) mass is 507 g/mol. The topological polar surface area (TPSA) is 117 Å². The number of nitrogens with one attached hydrogen (secondary N) is 2. The third-order valence-electron chi connectivity index (χ3n) is 6.42. The van der Waals surface area contributed by atoms with Crippen LogP contribution < -0.4 is 16.4 Å². The molecule has 4 N–H and O–H groups in total. The molecule has 1 saturated carbocycles. The number of pyridine rings is 1. The van der Waals surface area contributed by atoms with Gasteiger partial charge in [-0.25, -0.2) is 0 Å². The quantitative estimate of drug-likeness (QED) is 0.531. The van der Waals surface area contributed by atoms with Gasteiger partial charge in [-0.1, -0.05) is 23.7 Å². The van der Waals surface area contributed by atoms with Crippen molar-refractivity contribution in [1.29, 1.82) is 0 Å². The average molecular weight is 508 g/mol. The van der Waals surface area contributed by atoms with Gasteiger partial charge in [0.05, 0.1) is 24.2 Å². The van der Waals surface area contributed by atoms with Gasteiger partial charge < -0.3 is 21.3 Å². The molecule has 1 aliphatic rings. The lowest BCUT2D eigenvalue weighted by Gasteiger charge is -2.47. The summed E-state index contributed by atoms with van der Waals surface area (Å²) >= 11 is 6.23. The van der Waals surface area contributed by atoms with Crippen molar-refractivity contribution in [1.82, 2.24) is 20.5 Å². The lowest BCUT2D eigenvalue weighted by molar-refractivity contribution is -0.133. The second kappa shape index (κ2) is 12.1. The lowest BCUT2D eigenvalue weighted by atomic mass is 9.66. The van der Waals surface area contributed by atoms with E-state index in [4.69, 9.17) is 17.3 Å². The van der Waals surface area contributed by atoms with Crippen LogP contribution in [0.2, 0.25) is 5.02 Å². The predicted octanol–water partition coefficient (Wildman–Crippen LogP) is 2.30. The minimum atomic E-state index is -0.366. The van der Waals surface area contributed by atoms with Gasteiger partial charge in [0.1, 0.15) is 0 Å². The van der Waals surface area contributed by atoms with E-state index < -0.39 is 0 Å². The van der Waals surface area contributed by atoms with E-state index in [0.717, 1.165) is 12.0 Å². The highest BCUT2D eigenvalue weighted by atomic mass is 35.5. The summed E-state index contributed by atoms with van der Waals surface area (Å²) in [7, 11) is 1.70. The normalized spacial score (nSPS) is 21.6. The van der Waals surface area contributed by atoms with Crippen LogP contribution in [0.3, 0.4) is 0 Å². The maximum Gasteiger partial charge on any atom is 0.253 e. The Morgan fingerprint density at radius 3 is 2.65 bits per heavy atom. The van der Waals surface area contributed by atoms with Crippen molar-refractivity contribution in [3.05, 3.63) is 64.9 Å². The molecule has 34 heavy (non-hydrogen) atoms. The van der Waals surface area contributed by atoms with Crippen molar-refractivity contribution >= 4 is 41.7 Å². The molecular weight excluding hydrogens is 477 g/mol. The zero-order chi connectivity index (χ0) is 24.0. The van der Waals surface area contributed by atoms with Crippen molar-refractivity contribution in [2.45, 2.75) is 43.7 Å². The molecule has 0 bridgehead atoms. The molecule has 1 heterocycles. The molecular formula is C24H31Cl2N5O3. The summed E-state index contributed by atoms with van der Waals surface area (Å²) in [5.41, 5.74) is 7.30. The summed E-state index contributed by atoms with van der Waals surface area (Å²) < 4.78 is 0. The van der Waals surface area contributed by atoms with Crippen molar-refractivity contribution in [2.24, 2.45) is 5.73 Å². The number of nitrogens with two attached hydrogens (primary N) is 1. The molecule has 8 nitrogen and oxygen atoms in total. The van der Waals surface area contributed by atoms with Crippen LogP contribution in [0, 0.1) is 0 Å². The van der Waals surface area contributed by atoms with Crippen LogP contribution in [-0.2, 0) is 15.0 Å². The molecule has 1 aromatic carbocycles. The number of likely N-dealkylation sites (N-methyl/N-ethyl adjacent to an activating group) is 1. The Bertz CT molecular complexity index is 1010. The summed E-state index contributed by atoms with van der Waals surface area (Å²) in [6.07, 6.45) is 4.98. The summed E-state index contributed by atoms with van der Waals surface area (Å²) in [6.45, 7) is 1.71. The van der Waals surface area contributed by atoms with E-state index >= 15 is 0 Å². The predicted molar refractivity (Wildman–Crippen MR) is 134 cm³/mol. The zero-order valence-electron chi connectivity index (χ0n) is 19.3. The fraction of sp³-hybridized carbons (Fsp3) is 0.417. The van der Waals surface area contributed by atoms with Crippen LogP contribution in [0.25, 0.3) is 0 Å². The van der Waals surface area contributed by atoms with E-state index in [1.165, 1.54) is 13.1 Å². The maximum atomic E-state index is 12.9. The SMILES string of the molecule is CC(=O)NC1C[C@](CN)(c2cccc(Cl)c2)CC[C@@H]1N(C)C(=O)CNC(=O)c1cccnc1.Cl. The standard InChI is InChI=1S/C24H30ClN5O3.ClH/c1-16(31)29-20-12-24(15-26,18-6-3-7-19(25)11-18)9-8-21(20)30(2)22(32)14-28-23(33)17-5-4-10-27-13-17;/h3-7,10-11,13,20-21H,8-9,12,14-15,26H2,1-2H3,(H,28,33)(H,29,31);1H/t20?,21-,24+;/m0./s1. The molecule has 1 unspecified atom stereocenters. The summed E-state index contributed by atoms with van der Waals surface area (Å²) in [4.78, 5) is 42.7.